The van der Waals surface area contributed by atoms with Gasteiger partial charge in [-0.05, 0) is 20.5 Å². The minimum atomic E-state index is -1.23. The molecule has 0 bridgehead atoms. The molecule has 0 aromatic carbocycles. The number of likely N-dealkylation sites (N-methyl/N-ethyl adjacent to an activating group) is 1. The van der Waals surface area contributed by atoms with Gasteiger partial charge in [0.1, 0.15) is 6.61 Å². The summed E-state index contributed by atoms with van der Waals surface area (Å²) in [4.78, 5) is 22.6. The van der Waals surface area contributed by atoms with Gasteiger partial charge in [-0.1, -0.05) is 0 Å². The molecule has 0 N–H and O–H groups in total. The molecule has 0 radical (unpaired) electrons. The Morgan fingerprint density at radius 3 is 2.38 bits per heavy atom. The van der Waals surface area contributed by atoms with E-state index < -0.39 is 11.9 Å². The van der Waals surface area contributed by atoms with E-state index in [4.69, 9.17) is 4.74 Å². The molecule has 0 unspecified atom stereocenters. The number of carbonyl (C=O) groups excluding carboxylic acids is 2. The predicted molar refractivity (Wildman–Crippen MR) is 43.8 cm³/mol. The van der Waals surface area contributed by atoms with Crippen LogP contribution >= 0.6 is 0 Å². The monoisotopic (exact) mass is 188 g/mol. The number of rotatable bonds is 6. The summed E-state index contributed by atoms with van der Waals surface area (Å²) in [5.41, 5.74) is 0. The van der Waals surface area contributed by atoms with Crippen molar-refractivity contribution in [1.82, 2.24) is 4.90 Å². The molecule has 5 nitrogen and oxygen atoms in total. The number of nitrogens with zero attached hydrogens (tertiary/aromatic N) is 1. The molecule has 0 fully saturated rings. The van der Waals surface area contributed by atoms with Crippen LogP contribution in [0.1, 0.15) is 12.8 Å². The lowest BCUT2D eigenvalue weighted by atomic mass is 10.3. The highest BCUT2D eigenvalue weighted by Gasteiger charge is 2.02. The smallest absolute Gasteiger partial charge is 0.306 e. The minimum absolute atomic E-state index is 0.115. The normalized spacial score (nSPS) is 10.1. The van der Waals surface area contributed by atoms with E-state index in [1.54, 1.807) is 0 Å². The van der Waals surface area contributed by atoms with Gasteiger partial charge in [0.05, 0.1) is 6.42 Å². The Bertz CT molecular complexity index is 179. The Labute approximate surface area is 77.3 Å². The van der Waals surface area contributed by atoms with Gasteiger partial charge in [0.25, 0.3) is 0 Å². The quantitative estimate of drug-likeness (QED) is 0.480. The molecule has 76 valence electrons. The van der Waals surface area contributed by atoms with Crippen LogP contribution in [0.25, 0.3) is 0 Å². The average Bonchev–Trinajstić information content (AvgIpc) is 2.00. The molecular formula is C8H14NO4-. The van der Waals surface area contributed by atoms with Crippen LogP contribution in [0.4, 0.5) is 0 Å². The molecule has 13 heavy (non-hydrogen) atoms. The van der Waals surface area contributed by atoms with Gasteiger partial charge in [0, 0.05) is 12.5 Å². The van der Waals surface area contributed by atoms with E-state index in [2.05, 4.69) is 0 Å². The topological polar surface area (TPSA) is 69.7 Å². The molecule has 0 amide bonds. The minimum Gasteiger partial charge on any atom is -0.550 e. The van der Waals surface area contributed by atoms with Gasteiger partial charge in [-0.3, -0.25) is 4.79 Å². The number of carboxylic acids is 1. The van der Waals surface area contributed by atoms with E-state index in [1.165, 1.54) is 0 Å². The summed E-state index contributed by atoms with van der Waals surface area (Å²) < 4.78 is 4.73. The SMILES string of the molecule is CN(C)CCOC(=O)CCC(=O)[O-]. The number of carboxylic acid groups (broad SMARTS) is 1. The molecule has 0 heterocycles. The molecule has 0 aromatic heterocycles. The second-order valence-corrected chi connectivity index (χ2v) is 2.90. The van der Waals surface area contributed by atoms with Crippen molar-refractivity contribution < 1.29 is 19.4 Å². The second-order valence-electron chi connectivity index (χ2n) is 2.90. The molecule has 0 aliphatic heterocycles. The van der Waals surface area contributed by atoms with Crippen LogP contribution in [0.3, 0.4) is 0 Å². The first-order chi connectivity index (χ1) is 6.02. The van der Waals surface area contributed by atoms with Crippen molar-refractivity contribution in [3.63, 3.8) is 0 Å². The molecule has 0 saturated heterocycles. The summed E-state index contributed by atoms with van der Waals surface area (Å²) in [5.74, 6) is -1.73. The Morgan fingerprint density at radius 2 is 1.92 bits per heavy atom. The number of ether oxygens (including phenoxy) is 1. The third kappa shape index (κ3) is 8.81. The Balaban J connectivity index is 3.36. The molecule has 0 atom stereocenters. The molecular weight excluding hydrogens is 174 g/mol. The van der Waals surface area contributed by atoms with E-state index in [-0.39, 0.29) is 12.8 Å². The predicted octanol–water partition coefficient (Wildman–Crippen LogP) is -1.38. The molecule has 0 spiro atoms. The van der Waals surface area contributed by atoms with Crippen LogP contribution < -0.4 is 5.11 Å². The van der Waals surface area contributed by atoms with Crippen LogP contribution in [0.2, 0.25) is 0 Å². The first-order valence-electron chi connectivity index (χ1n) is 4.02. The van der Waals surface area contributed by atoms with E-state index >= 15 is 0 Å². The molecule has 0 aliphatic rings. The van der Waals surface area contributed by atoms with Gasteiger partial charge < -0.3 is 19.5 Å². The van der Waals surface area contributed by atoms with Gasteiger partial charge in [-0.25, -0.2) is 0 Å². The lowest BCUT2D eigenvalue weighted by molar-refractivity contribution is -0.305. The van der Waals surface area contributed by atoms with Gasteiger partial charge in [0.15, 0.2) is 0 Å². The fourth-order valence-corrected chi connectivity index (χ4v) is 0.618. The zero-order valence-electron chi connectivity index (χ0n) is 7.91. The van der Waals surface area contributed by atoms with Crippen LogP contribution in [0.5, 0.6) is 0 Å². The lowest BCUT2D eigenvalue weighted by Crippen LogP contribution is -2.24. The zero-order valence-corrected chi connectivity index (χ0v) is 7.91. The van der Waals surface area contributed by atoms with Gasteiger partial charge >= 0.3 is 5.97 Å². The standard InChI is InChI=1S/C8H15NO4/c1-9(2)5-6-13-8(12)4-3-7(10)11/h3-6H2,1-2H3,(H,10,11)/p-1. The maximum absolute atomic E-state index is 10.8. The van der Waals surface area contributed by atoms with Crippen LogP contribution in [0.15, 0.2) is 0 Å². The molecule has 0 rings (SSSR count). The highest BCUT2D eigenvalue weighted by atomic mass is 16.5. The van der Waals surface area contributed by atoms with Crippen LogP contribution in [-0.2, 0) is 14.3 Å². The summed E-state index contributed by atoms with van der Waals surface area (Å²) in [5, 5.41) is 9.96. The summed E-state index contributed by atoms with van der Waals surface area (Å²) >= 11 is 0. The summed E-state index contributed by atoms with van der Waals surface area (Å²) in [6.07, 6.45) is -0.392. The first-order valence-corrected chi connectivity index (χ1v) is 4.02. The van der Waals surface area contributed by atoms with E-state index in [0.717, 1.165) is 0 Å². The number of carbonyl (C=O) groups is 2. The summed E-state index contributed by atoms with van der Waals surface area (Å²) in [6, 6.07) is 0. The van der Waals surface area contributed by atoms with Crippen molar-refractivity contribution >= 4 is 11.9 Å². The van der Waals surface area contributed by atoms with Crippen molar-refractivity contribution in [2.24, 2.45) is 0 Å². The van der Waals surface area contributed by atoms with Crippen molar-refractivity contribution in [2.45, 2.75) is 12.8 Å². The molecule has 0 aliphatic carbocycles. The summed E-state index contributed by atoms with van der Waals surface area (Å²) in [6.45, 7) is 0.927. The lowest BCUT2D eigenvalue weighted by Gasteiger charge is -2.09. The third-order valence-electron chi connectivity index (χ3n) is 1.33. The van der Waals surface area contributed by atoms with E-state index in [0.29, 0.717) is 13.2 Å². The first kappa shape index (κ1) is 11.9. The molecule has 0 saturated carbocycles. The second kappa shape index (κ2) is 6.42. The van der Waals surface area contributed by atoms with Gasteiger partial charge in [-0.15, -0.1) is 0 Å². The zero-order chi connectivity index (χ0) is 10.3. The average molecular weight is 188 g/mol. The Morgan fingerprint density at radius 1 is 1.31 bits per heavy atom. The van der Waals surface area contributed by atoms with Crippen molar-refractivity contribution in [3.05, 3.63) is 0 Å². The molecule has 5 heteroatoms. The fourth-order valence-electron chi connectivity index (χ4n) is 0.618. The van der Waals surface area contributed by atoms with Crippen molar-refractivity contribution in [2.75, 3.05) is 27.2 Å². The van der Waals surface area contributed by atoms with Crippen molar-refractivity contribution in [3.8, 4) is 0 Å². The highest BCUT2D eigenvalue weighted by Crippen LogP contribution is 1.91. The van der Waals surface area contributed by atoms with E-state index in [9.17, 15) is 14.7 Å². The third-order valence-corrected chi connectivity index (χ3v) is 1.33. The van der Waals surface area contributed by atoms with Crippen molar-refractivity contribution in [1.29, 1.82) is 0 Å². The maximum Gasteiger partial charge on any atom is 0.306 e. The number of esters is 1. The number of aliphatic carboxylic acids is 1. The maximum atomic E-state index is 10.8. The summed E-state index contributed by atoms with van der Waals surface area (Å²) in [7, 11) is 3.71. The fraction of sp³-hybridized carbons (Fsp3) is 0.750. The Hall–Kier alpha value is -1.10. The van der Waals surface area contributed by atoms with Gasteiger partial charge in [0.2, 0.25) is 0 Å². The largest absolute Gasteiger partial charge is 0.550 e. The highest BCUT2D eigenvalue weighted by molar-refractivity contribution is 5.75. The van der Waals surface area contributed by atoms with E-state index in [1.807, 2.05) is 19.0 Å². The van der Waals surface area contributed by atoms with Crippen LogP contribution in [-0.4, -0.2) is 44.1 Å². The van der Waals surface area contributed by atoms with Crippen LogP contribution in [0, 0.1) is 0 Å². The van der Waals surface area contributed by atoms with Gasteiger partial charge in [-0.2, -0.15) is 0 Å². The number of hydrogen-bond acceptors (Lipinski definition) is 5. The number of hydrogen-bond donors (Lipinski definition) is 0. The molecule has 0 aromatic rings. The Kier molecular flexibility index (Phi) is 5.88.